The molecule has 0 bridgehead atoms. The van der Waals surface area contributed by atoms with Crippen LogP contribution in [0.5, 0.6) is 0 Å². The van der Waals surface area contributed by atoms with Gasteiger partial charge in [0.2, 0.25) is 0 Å². The van der Waals surface area contributed by atoms with Crippen molar-refractivity contribution >= 4 is 12.1 Å². The van der Waals surface area contributed by atoms with Crippen LogP contribution in [0.2, 0.25) is 0 Å². The van der Waals surface area contributed by atoms with Gasteiger partial charge in [-0.05, 0) is 6.42 Å². The number of carbonyl (C=O) groups is 2. The van der Waals surface area contributed by atoms with E-state index in [-0.39, 0.29) is 24.5 Å². The van der Waals surface area contributed by atoms with E-state index in [4.69, 9.17) is 4.74 Å². The predicted molar refractivity (Wildman–Crippen MR) is 66.1 cm³/mol. The summed E-state index contributed by atoms with van der Waals surface area (Å²) in [6, 6.07) is 0. The molecule has 0 radical (unpaired) electrons. The van der Waals surface area contributed by atoms with Crippen LogP contribution in [0.4, 0.5) is 0 Å². The molecular weight excluding hydrogens is 252 g/mol. The molecular formula is C13H22O6. The van der Waals surface area contributed by atoms with E-state index in [1.54, 1.807) is 13.8 Å². The Labute approximate surface area is 112 Å². The van der Waals surface area contributed by atoms with Crippen LogP contribution >= 0.6 is 0 Å². The quantitative estimate of drug-likeness (QED) is 0.571. The fourth-order valence-corrected chi connectivity index (χ4v) is 2.32. The molecule has 0 aliphatic carbocycles. The Balaban J connectivity index is 2.62. The number of aliphatic hydroxyl groups is 3. The number of aliphatic hydroxyl groups excluding tert-OH is 3. The Kier molecular flexibility index (Phi) is 6.06. The van der Waals surface area contributed by atoms with Crippen molar-refractivity contribution in [3.05, 3.63) is 0 Å². The minimum atomic E-state index is -1.28. The Morgan fingerprint density at radius 1 is 1.32 bits per heavy atom. The molecule has 6 heteroatoms. The van der Waals surface area contributed by atoms with E-state index in [0.29, 0.717) is 12.7 Å². The first-order valence-electron chi connectivity index (χ1n) is 6.57. The molecule has 1 heterocycles. The van der Waals surface area contributed by atoms with Gasteiger partial charge in [-0.3, -0.25) is 4.79 Å². The lowest BCUT2D eigenvalue weighted by Crippen LogP contribution is -2.54. The summed E-state index contributed by atoms with van der Waals surface area (Å²) < 4.78 is 5.19. The Bertz CT molecular complexity index is 318. The Hall–Kier alpha value is -0.820. The highest BCUT2D eigenvalue weighted by Crippen LogP contribution is 2.29. The maximum Gasteiger partial charge on any atom is 0.160 e. The van der Waals surface area contributed by atoms with E-state index >= 15 is 0 Å². The molecule has 0 aromatic heterocycles. The lowest BCUT2D eigenvalue weighted by atomic mass is 9.85. The van der Waals surface area contributed by atoms with Crippen molar-refractivity contribution in [3.63, 3.8) is 0 Å². The highest BCUT2D eigenvalue weighted by molar-refractivity contribution is 5.81. The van der Waals surface area contributed by atoms with Crippen LogP contribution in [0.15, 0.2) is 0 Å². The molecule has 0 spiro atoms. The van der Waals surface area contributed by atoms with Crippen molar-refractivity contribution in [1.82, 2.24) is 0 Å². The van der Waals surface area contributed by atoms with Crippen molar-refractivity contribution < 1.29 is 29.6 Å². The summed E-state index contributed by atoms with van der Waals surface area (Å²) in [6.07, 6.45) is -3.15. The van der Waals surface area contributed by atoms with Gasteiger partial charge in [0.1, 0.15) is 18.2 Å². The van der Waals surface area contributed by atoms with Gasteiger partial charge in [0, 0.05) is 24.7 Å². The molecule has 0 aromatic rings. The third kappa shape index (κ3) is 4.07. The number of hydrogen-bond acceptors (Lipinski definition) is 6. The van der Waals surface area contributed by atoms with E-state index in [0.717, 1.165) is 0 Å². The topological polar surface area (TPSA) is 104 Å². The molecule has 6 atom stereocenters. The van der Waals surface area contributed by atoms with Crippen molar-refractivity contribution in [1.29, 1.82) is 0 Å². The second-order valence-corrected chi connectivity index (χ2v) is 5.18. The first kappa shape index (κ1) is 16.2. The summed E-state index contributed by atoms with van der Waals surface area (Å²) in [7, 11) is 0. The summed E-state index contributed by atoms with van der Waals surface area (Å²) in [5.74, 6) is -1.49. The average molecular weight is 274 g/mol. The summed E-state index contributed by atoms with van der Waals surface area (Å²) in [4.78, 5) is 22.2. The van der Waals surface area contributed by atoms with E-state index in [1.165, 1.54) is 0 Å². The van der Waals surface area contributed by atoms with Crippen LogP contribution in [0.3, 0.4) is 0 Å². The molecule has 6 nitrogen and oxygen atoms in total. The van der Waals surface area contributed by atoms with Gasteiger partial charge in [-0.15, -0.1) is 0 Å². The first-order chi connectivity index (χ1) is 8.90. The van der Waals surface area contributed by atoms with Gasteiger partial charge in [-0.1, -0.05) is 13.8 Å². The maximum atomic E-state index is 11.7. The highest BCUT2D eigenvalue weighted by atomic mass is 16.6. The maximum absolute atomic E-state index is 11.7. The van der Waals surface area contributed by atoms with Gasteiger partial charge in [0.05, 0.1) is 12.2 Å². The van der Waals surface area contributed by atoms with Crippen LogP contribution in [0, 0.1) is 11.8 Å². The van der Waals surface area contributed by atoms with Crippen LogP contribution in [0.1, 0.15) is 33.1 Å². The van der Waals surface area contributed by atoms with Crippen molar-refractivity contribution in [3.8, 4) is 0 Å². The number of hydrogen-bond donors (Lipinski definition) is 3. The Morgan fingerprint density at radius 2 is 1.95 bits per heavy atom. The van der Waals surface area contributed by atoms with Gasteiger partial charge in [0.15, 0.2) is 6.29 Å². The fraction of sp³-hybridized carbons (Fsp3) is 0.846. The molecule has 1 aliphatic heterocycles. The largest absolute Gasteiger partial charge is 0.390 e. The molecule has 0 aromatic carbocycles. The average Bonchev–Trinajstić information content (AvgIpc) is 2.38. The van der Waals surface area contributed by atoms with Crippen LogP contribution in [0.25, 0.3) is 0 Å². The first-order valence-corrected chi connectivity index (χ1v) is 6.57. The summed E-state index contributed by atoms with van der Waals surface area (Å²) in [6.45, 7) is 3.39. The number of ether oxygens (including phenoxy) is 1. The minimum Gasteiger partial charge on any atom is -0.390 e. The third-order valence-electron chi connectivity index (χ3n) is 3.50. The zero-order valence-corrected chi connectivity index (χ0v) is 11.2. The summed E-state index contributed by atoms with van der Waals surface area (Å²) in [5, 5.41) is 29.5. The van der Waals surface area contributed by atoms with E-state index in [2.05, 4.69) is 0 Å². The smallest absolute Gasteiger partial charge is 0.160 e. The molecule has 1 fully saturated rings. The fourth-order valence-electron chi connectivity index (χ4n) is 2.32. The monoisotopic (exact) mass is 274 g/mol. The molecule has 0 saturated carbocycles. The predicted octanol–water partition coefficient (Wildman–Crippen LogP) is -0.364. The molecule has 1 rings (SSSR count). The lowest BCUT2D eigenvalue weighted by molar-refractivity contribution is -0.264. The molecule has 0 amide bonds. The second kappa shape index (κ2) is 7.09. The molecule has 110 valence electrons. The van der Waals surface area contributed by atoms with Crippen molar-refractivity contribution in [2.75, 3.05) is 0 Å². The SMILES string of the molecule is CCC1OC(O)C(CC(=O)CC(C)C=O)C(O)C1O. The van der Waals surface area contributed by atoms with Gasteiger partial charge in [-0.2, -0.15) is 0 Å². The number of rotatable bonds is 6. The molecule has 19 heavy (non-hydrogen) atoms. The van der Waals surface area contributed by atoms with Crippen LogP contribution in [-0.4, -0.2) is 52.0 Å². The molecule has 6 unspecified atom stereocenters. The van der Waals surface area contributed by atoms with E-state index in [9.17, 15) is 24.9 Å². The van der Waals surface area contributed by atoms with Gasteiger partial charge in [-0.25, -0.2) is 0 Å². The zero-order chi connectivity index (χ0) is 14.6. The molecule has 1 aliphatic rings. The second-order valence-electron chi connectivity index (χ2n) is 5.18. The molecule has 3 N–H and O–H groups in total. The van der Waals surface area contributed by atoms with Gasteiger partial charge < -0.3 is 24.9 Å². The zero-order valence-electron chi connectivity index (χ0n) is 11.2. The standard InChI is InChI=1S/C13H22O6/c1-3-10-12(17)11(16)9(13(18)19-10)5-8(15)4-7(2)6-14/h6-7,9-13,16-18H,3-5H2,1-2H3. The normalized spacial score (nSPS) is 36.8. The Morgan fingerprint density at radius 3 is 2.47 bits per heavy atom. The van der Waals surface area contributed by atoms with Gasteiger partial charge in [0.25, 0.3) is 0 Å². The summed E-state index contributed by atoms with van der Waals surface area (Å²) >= 11 is 0. The van der Waals surface area contributed by atoms with Crippen molar-refractivity contribution in [2.45, 2.75) is 57.7 Å². The lowest BCUT2D eigenvalue weighted by Gasteiger charge is -2.40. The van der Waals surface area contributed by atoms with Gasteiger partial charge >= 0.3 is 0 Å². The van der Waals surface area contributed by atoms with E-state index in [1.807, 2.05) is 0 Å². The van der Waals surface area contributed by atoms with Crippen LogP contribution in [-0.2, 0) is 14.3 Å². The number of aldehydes is 1. The number of Topliss-reactive ketones (excluding diaryl/α,β-unsaturated/α-hetero) is 1. The van der Waals surface area contributed by atoms with E-state index < -0.39 is 30.5 Å². The minimum absolute atomic E-state index is 0.0622. The summed E-state index contributed by atoms with van der Waals surface area (Å²) in [5.41, 5.74) is 0. The van der Waals surface area contributed by atoms with Crippen LogP contribution < -0.4 is 0 Å². The van der Waals surface area contributed by atoms with Crippen molar-refractivity contribution in [2.24, 2.45) is 11.8 Å². The third-order valence-corrected chi connectivity index (χ3v) is 3.50. The highest BCUT2D eigenvalue weighted by Gasteiger charge is 2.43. The number of ketones is 1. The molecule has 1 saturated heterocycles. The number of carbonyl (C=O) groups excluding carboxylic acids is 2.